The zero-order valence-electron chi connectivity index (χ0n) is 23.6. The number of thioether (sulfide) groups is 1. The van der Waals surface area contributed by atoms with E-state index in [1.54, 1.807) is 11.8 Å². The predicted octanol–water partition coefficient (Wildman–Crippen LogP) is 9.41. The van der Waals surface area contributed by atoms with E-state index in [1.165, 1.54) is 4.90 Å². The molecule has 7 heteroatoms. The lowest BCUT2D eigenvalue weighted by Gasteiger charge is -2.47. The molecule has 198 valence electrons. The Hall–Kier alpha value is -1.16. The molecule has 0 fully saturated rings. The molecule has 0 amide bonds. The molecule has 36 heavy (non-hydrogen) atoms. The van der Waals surface area contributed by atoms with Crippen LogP contribution in [0.1, 0.15) is 58.2 Å². The normalized spacial score (nSPS) is 16.5. The monoisotopic (exact) mass is 561 g/mol. The van der Waals surface area contributed by atoms with Crippen LogP contribution < -0.4 is 0 Å². The summed E-state index contributed by atoms with van der Waals surface area (Å²) in [7, 11) is -3.18. The lowest BCUT2D eigenvalue weighted by Crippen LogP contribution is -2.53. The largest absolute Gasteiger partial charge is 0.455 e. The van der Waals surface area contributed by atoms with Crippen LogP contribution in [0.25, 0.3) is 6.08 Å². The van der Waals surface area contributed by atoms with E-state index in [0.29, 0.717) is 10.1 Å². The van der Waals surface area contributed by atoms with E-state index in [0.717, 1.165) is 21.7 Å². The summed E-state index contributed by atoms with van der Waals surface area (Å²) in [5, 5.41) is 10.6. The quantitative estimate of drug-likeness (QED) is 0.369. The van der Waals surface area contributed by atoms with E-state index in [2.05, 4.69) is 78.8 Å². The number of aliphatic hydroxyl groups excluding tert-OH is 1. The molecule has 0 bridgehead atoms. The average Bonchev–Trinajstić information content (AvgIpc) is 2.76. The summed E-state index contributed by atoms with van der Waals surface area (Å²) >= 11 is 7.68. The molecule has 1 atom stereocenters. The van der Waals surface area contributed by atoms with Crippen molar-refractivity contribution in [2.75, 3.05) is 0 Å². The summed E-state index contributed by atoms with van der Waals surface area (Å²) < 4.78 is 6.63. The summed E-state index contributed by atoms with van der Waals surface area (Å²) in [5.41, 5.74) is 3.05. The fraction of sp³-hybridized carbons (Fsp3) is 0.483. The van der Waals surface area contributed by atoms with E-state index in [-0.39, 0.29) is 12.0 Å². The molecule has 0 spiro atoms. The van der Waals surface area contributed by atoms with Crippen molar-refractivity contribution in [3.8, 4) is 0 Å². The summed E-state index contributed by atoms with van der Waals surface area (Å²) in [4.78, 5) is 5.70. The molecule has 0 saturated heterocycles. The lowest BCUT2D eigenvalue weighted by atomic mass is 10.1. The van der Waals surface area contributed by atoms with Gasteiger partial charge in [0.1, 0.15) is 5.37 Å². The van der Waals surface area contributed by atoms with Gasteiger partial charge in [-0.15, -0.1) is 0 Å². The number of hydrogen-bond acceptors (Lipinski definition) is 4. The molecule has 2 aromatic rings. The van der Waals surface area contributed by atoms with Crippen LogP contribution in [0.3, 0.4) is 0 Å². The summed E-state index contributed by atoms with van der Waals surface area (Å²) in [5.74, 6) is 0. The number of hydrogen-bond donors (Lipinski definition) is 1. The third-order valence-electron chi connectivity index (χ3n) is 7.29. The van der Waals surface area contributed by atoms with Crippen LogP contribution in [-0.4, -0.2) is 33.3 Å². The second-order valence-corrected chi connectivity index (χ2v) is 23.8. The fourth-order valence-corrected chi connectivity index (χ4v) is 11.7. The minimum absolute atomic E-state index is 0.0617. The molecule has 3 nitrogen and oxygen atoms in total. The second kappa shape index (κ2) is 12.1. The van der Waals surface area contributed by atoms with Gasteiger partial charge in [-0.1, -0.05) is 89.2 Å². The van der Waals surface area contributed by atoms with Crippen molar-refractivity contribution in [1.29, 1.82) is 0 Å². The topological polar surface area (TPSA) is 41.8 Å². The van der Waals surface area contributed by atoms with E-state index < -0.39 is 16.6 Å². The number of rotatable bonds is 5. The van der Waals surface area contributed by atoms with Crippen molar-refractivity contribution in [1.82, 2.24) is 0 Å². The third kappa shape index (κ3) is 8.71. The molecule has 1 heterocycles. The Morgan fingerprint density at radius 2 is 1.58 bits per heavy atom. The summed E-state index contributed by atoms with van der Waals surface area (Å²) in [6.07, 6.45) is 5.97. The molecule has 1 aliphatic heterocycles. The van der Waals surface area contributed by atoms with Crippen LogP contribution in [0.15, 0.2) is 58.4 Å². The molecule has 1 unspecified atom stereocenters. The first-order valence-electron chi connectivity index (χ1n) is 12.5. The average molecular weight is 562 g/mol. The van der Waals surface area contributed by atoms with Gasteiger partial charge >= 0.3 is 0 Å². The molecule has 0 saturated carbocycles. The number of fused-ring (bicyclic) bond motifs is 1. The highest BCUT2D eigenvalue weighted by Crippen LogP contribution is 2.44. The Balaban J connectivity index is 0.000000271. The Kier molecular flexibility index (Phi) is 10.5. The van der Waals surface area contributed by atoms with E-state index in [4.69, 9.17) is 20.8 Å². The van der Waals surface area contributed by atoms with Crippen molar-refractivity contribution >= 4 is 52.3 Å². The SMILES string of the molecule is CC(C)(C)[Si](C)(C)O[Si](C)(C)C(C)(C)C.OCc1cccc(C=CC2N=Cc3cc(Cl)ccc3S2)c1. The molecule has 0 aliphatic carbocycles. The van der Waals surface area contributed by atoms with Crippen molar-refractivity contribution in [2.24, 2.45) is 4.99 Å². The zero-order valence-corrected chi connectivity index (χ0v) is 27.2. The highest BCUT2D eigenvalue weighted by Gasteiger charge is 2.46. The molecule has 3 rings (SSSR count). The van der Waals surface area contributed by atoms with E-state index >= 15 is 0 Å². The molecule has 2 aromatic carbocycles. The third-order valence-corrected chi connectivity index (χ3v) is 20.0. The first-order valence-corrected chi connectivity index (χ1v) is 19.6. The van der Waals surface area contributed by atoms with Crippen molar-refractivity contribution in [2.45, 2.75) is 94.7 Å². The van der Waals surface area contributed by atoms with Crippen LogP contribution in [0.4, 0.5) is 0 Å². The van der Waals surface area contributed by atoms with Crippen molar-refractivity contribution < 1.29 is 9.22 Å². The minimum atomic E-state index is -1.59. The van der Waals surface area contributed by atoms with Gasteiger partial charge in [0.25, 0.3) is 0 Å². The summed E-state index contributed by atoms with van der Waals surface area (Å²) in [6, 6.07) is 13.7. The van der Waals surface area contributed by atoms with Gasteiger partial charge in [0.2, 0.25) is 0 Å². The molecular formula is C29H44ClNO2SSi2. The van der Waals surface area contributed by atoms with Crippen LogP contribution >= 0.6 is 23.4 Å². The standard InChI is InChI=1S/C17H14ClNOS.C12H30OSi2/c18-15-5-6-16-14(9-15)10-19-17(21-16)7-4-12-2-1-3-13(8-12)11-20;1-11(2,3)14(7,8)13-15(9,10)12(4,5)6/h1-10,17,20H,11H2;1-10H3. The second-order valence-electron chi connectivity index (χ2n) is 12.4. The van der Waals surface area contributed by atoms with Crippen molar-refractivity contribution in [3.05, 3.63) is 70.3 Å². The van der Waals surface area contributed by atoms with Crippen LogP contribution in [0.5, 0.6) is 0 Å². The molecule has 0 aromatic heterocycles. The van der Waals surface area contributed by atoms with Gasteiger partial charge in [0, 0.05) is 21.7 Å². The first kappa shape index (κ1) is 31.1. The Morgan fingerprint density at radius 1 is 0.972 bits per heavy atom. The minimum Gasteiger partial charge on any atom is -0.455 e. The lowest BCUT2D eigenvalue weighted by molar-refractivity contribution is 0.282. The Bertz CT molecular complexity index is 1060. The predicted molar refractivity (Wildman–Crippen MR) is 166 cm³/mol. The van der Waals surface area contributed by atoms with Gasteiger partial charge in [0.05, 0.1) is 6.61 Å². The molecule has 1 N–H and O–H groups in total. The van der Waals surface area contributed by atoms with Gasteiger partial charge in [-0.25, -0.2) is 0 Å². The highest BCUT2D eigenvalue weighted by atomic mass is 35.5. The van der Waals surface area contributed by atoms with Gasteiger partial charge in [-0.05, 0) is 77.7 Å². The van der Waals surface area contributed by atoms with E-state index in [9.17, 15) is 0 Å². The summed E-state index contributed by atoms with van der Waals surface area (Å²) in [6.45, 7) is 23.4. The number of benzene rings is 2. The maximum Gasteiger partial charge on any atom is 0.178 e. The Labute approximate surface area is 230 Å². The number of nitrogens with zero attached hydrogens (tertiary/aromatic N) is 1. The maximum absolute atomic E-state index is 9.15. The molecule has 1 aliphatic rings. The number of aliphatic hydroxyl groups is 1. The van der Waals surface area contributed by atoms with Gasteiger partial charge in [0.15, 0.2) is 16.6 Å². The van der Waals surface area contributed by atoms with Crippen LogP contribution in [0.2, 0.25) is 41.3 Å². The van der Waals surface area contributed by atoms with Gasteiger partial charge < -0.3 is 9.22 Å². The van der Waals surface area contributed by atoms with E-state index in [1.807, 2.05) is 54.8 Å². The van der Waals surface area contributed by atoms with Crippen molar-refractivity contribution in [3.63, 3.8) is 0 Å². The maximum atomic E-state index is 9.15. The zero-order chi connectivity index (χ0) is 27.4. The van der Waals surface area contributed by atoms with Gasteiger partial charge in [-0.3, -0.25) is 4.99 Å². The highest BCUT2D eigenvalue weighted by molar-refractivity contribution is 8.00. The number of halogens is 1. The Morgan fingerprint density at radius 3 is 2.14 bits per heavy atom. The molecule has 0 radical (unpaired) electrons. The smallest absolute Gasteiger partial charge is 0.178 e. The molecular weight excluding hydrogens is 518 g/mol. The van der Waals surface area contributed by atoms with Crippen LogP contribution in [-0.2, 0) is 10.7 Å². The first-order chi connectivity index (χ1) is 16.4. The number of aliphatic imine (C=N–C) groups is 1. The fourth-order valence-electron chi connectivity index (χ4n) is 3.06. The van der Waals surface area contributed by atoms with Gasteiger partial charge in [-0.2, -0.15) is 0 Å². The van der Waals surface area contributed by atoms with Crippen LogP contribution in [0, 0.1) is 0 Å².